The van der Waals surface area contributed by atoms with Crippen LogP contribution in [0.5, 0.6) is 5.75 Å². The van der Waals surface area contributed by atoms with Crippen LogP contribution in [-0.4, -0.2) is 21.7 Å². The summed E-state index contributed by atoms with van der Waals surface area (Å²) < 4.78 is 29.2. The van der Waals surface area contributed by atoms with Crippen LogP contribution in [0.2, 0.25) is 0 Å². The Morgan fingerprint density at radius 2 is 2.09 bits per heavy atom. The van der Waals surface area contributed by atoms with Gasteiger partial charge in [0.25, 0.3) is 5.89 Å². The second-order valence-electron chi connectivity index (χ2n) is 5.90. The van der Waals surface area contributed by atoms with Gasteiger partial charge in [0.2, 0.25) is 0 Å². The van der Waals surface area contributed by atoms with Crippen molar-refractivity contribution in [2.45, 2.75) is 39.9 Å². The molecule has 0 saturated heterocycles. The summed E-state index contributed by atoms with van der Waals surface area (Å²) in [7, 11) is 0. The van der Waals surface area contributed by atoms with Gasteiger partial charge in [-0.25, -0.2) is 9.18 Å². The molecule has 0 spiro atoms. The maximum atomic E-state index is 13.9. The third kappa shape index (κ3) is 4.41. The summed E-state index contributed by atoms with van der Waals surface area (Å²) >= 11 is 0. The lowest BCUT2D eigenvalue weighted by atomic mass is 10.1. The number of rotatable bonds is 4. The van der Waals surface area contributed by atoms with Crippen molar-refractivity contribution in [3.63, 3.8) is 0 Å². The summed E-state index contributed by atoms with van der Waals surface area (Å²) in [6.07, 6.45) is 0. The van der Waals surface area contributed by atoms with E-state index in [2.05, 4.69) is 10.1 Å². The van der Waals surface area contributed by atoms with Crippen molar-refractivity contribution < 1.29 is 23.2 Å². The highest BCUT2D eigenvalue weighted by Crippen LogP contribution is 2.28. The number of halogens is 1. The van der Waals surface area contributed by atoms with Gasteiger partial charge in [-0.1, -0.05) is 5.16 Å². The molecular weight excluding hydrogens is 305 g/mol. The zero-order valence-corrected chi connectivity index (χ0v) is 13.3. The van der Waals surface area contributed by atoms with Gasteiger partial charge in [0.05, 0.1) is 5.56 Å². The molecule has 0 aliphatic carbocycles. The Balaban J connectivity index is 2.17. The van der Waals surface area contributed by atoms with Gasteiger partial charge in [-0.05, 0) is 33.8 Å². The molecule has 1 aromatic heterocycles. The third-order valence-corrected chi connectivity index (χ3v) is 2.64. The van der Waals surface area contributed by atoms with Crippen molar-refractivity contribution >= 4 is 11.7 Å². The number of esters is 1. The van der Waals surface area contributed by atoms with E-state index in [0.29, 0.717) is 5.82 Å². The summed E-state index contributed by atoms with van der Waals surface area (Å²) in [5, 5.41) is 3.58. The third-order valence-electron chi connectivity index (χ3n) is 2.64. The molecule has 0 radical (unpaired) electrons. The topological polar surface area (TPSA) is 100 Å². The minimum atomic E-state index is -0.739. The molecule has 0 unspecified atom stereocenters. The lowest BCUT2D eigenvalue weighted by molar-refractivity contribution is 0.0429. The zero-order valence-electron chi connectivity index (χ0n) is 13.3. The number of anilines is 1. The highest BCUT2D eigenvalue weighted by molar-refractivity contribution is 5.95. The van der Waals surface area contributed by atoms with E-state index in [0.717, 1.165) is 6.07 Å². The lowest BCUT2D eigenvalue weighted by Crippen LogP contribution is -2.24. The number of aryl methyl sites for hydroxylation is 1. The number of benzene rings is 1. The number of carbonyl (C=O) groups is 1. The second kappa shape index (κ2) is 6.23. The van der Waals surface area contributed by atoms with Gasteiger partial charge >= 0.3 is 5.97 Å². The Bertz CT molecular complexity index is 722. The number of nitrogens with zero attached hydrogens (tertiary/aromatic N) is 2. The normalized spacial score (nSPS) is 11.3. The SMILES string of the molecule is Cc1noc(COC(=O)c2cc(OC(C)(C)C)c(F)cc2N)n1. The molecule has 23 heavy (non-hydrogen) atoms. The van der Waals surface area contributed by atoms with Gasteiger partial charge < -0.3 is 19.7 Å². The predicted molar refractivity (Wildman–Crippen MR) is 79.3 cm³/mol. The van der Waals surface area contributed by atoms with Crippen LogP contribution >= 0.6 is 0 Å². The van der Waals surface area contributed by atoms with Crippen LogP contribution in [0.4, 0.5) is 10.1 Å². The molecule has 2 N–H and O–H groups in total. The first kappa shape index (κ1) is 16.7. The average Bonchev–Trinajstić information content (AvgIpc) is 2.83. The molecule has 2 rings (SSSR count). The molecule has 0 aliphatic rings. The lowest BCUT2D eigenvalue weighted by Gasteiger charge is -2.22. The van der Waals surface area contributed by atoms with E-state index in [4.69, 9.17) is 19.7 Å². The first-order valence-corrected chi connectivity index (χ1v) is 6.90. The zero-order chi connectivity index (χ0) is 17.2. The van der Waals surface area contributed by atoms with Crippen LogP contribution in [-0.2, 0) is 11.3 Å². The standard InChI is InChI=1S/C15H18FN3O4/c1-8-18-13(23-19-8)7-21-14(20)9-5-12(22-15(2,3)4)10(16)6-11(9)17/h5-6H,7,17H2,1-4H3. The van der Waals surface area contributed by atoms with Gasteiger partial charge in [0.1, 0.15) is 5.60 Å². The highest BCUT2D eigenvalue weighted by Gasteiger charge is 2.21. The average molecular weight is 323 g/mol. The summed E-state index contributed by atoms with van der Waals surface area (Å²) in [6.45, 7) is 6.73. The van der Waals surface area contributed by atoms with Crippen molar-refractivity contribution in [2.24, 2.45) is 0 Å². The molecule has 124 valence electrons. The Morgan fingerprint density at radius 3 is 2.65 bits per heavy atom. The molecule has 1 aromatic carbocycles. The van der Waals surface area contributed by atoms with Crippen molar-refractivity contribution in [2.75, 3.05) is 5.73 Å². The summed E-state index contributed by atoms with van der Waals surface area (Å²) in [5.74, 6) is -0.883. The number of nitrogens with two attached hydrogens (primary N) is 1. The summed E-state index contributed by atoms with van der Waals surface area (Å²) in [6, 6.07) is 2.24. The highest BCUT2D eigenvalue weighted by atomic mass is 19.1. The number of aromatic nitrogens is 2. The fourth-order valence-electron chi connectivity index (χ4n) is 1.76. The molecule has 8 heteroatoms. The maximum absolute atomic E-state index is 13.9. The molecule has 0 bridgehead atoms. The van der Waals surface area contributed by atoms with E-state index < -0.39 is 17.4 Å². The number of ether oxygens (including phenoxy) is 2. The van der Waals surface area contributed by atoms with Crippen LogP contribution in [0, 0.1) is 12.7 Å². The summed E-state index contributed by atoms with van der Waals surface area (Å²) in [4.78, 5) is 16.0. The van der Waals surface area contributed by atoms with Crippen molar-refractivity contribution in [1.29, 1.82) is 0 Å². The molecule has 0 atom stereocenters. The number of nitrogen functional groups attached to an aromatic ring is 1. The first-order chi connectivity index (χ1) is 10.7. The largest absolute Gasteiger partial charge is 0.485 e. The number of hydrogen-bond donors (Lipinski definition) is 1. The maximum Gasteiger partial charge on any atom is 0.340 e. The van der Waals surface area contributed by atoms with E-state index in [1.165, 1.54) is 6.07 Å². The molecule has 2 aromatic rings. The van der Waals surface area contributed by atoms with Gasteiger partial charge in [0.15, 0.2) is 24.0 Å². The van der Waals surface area contributed by atoms with Crippen LogP contribution in [0.15, 0.2) is 16.7 Å². The predicted octanol–water partition coefficient (Wildman–Crippen LogP) is 2.63. The Hall–Kier alpha value is -2.64. The fraction of sp³-hybridized carbons (Fsp3) is 0.400. The van der Waals surface area contributed by atoms with E-state index in [1.54, 1.807) is 27.7 Å². The Morgan fingerprint density at radius 1 is 1.39 bits per heavy atom. The van der Waals surface area contributed by atoms with E-state index in [1.807, 2.05) is 0 Å². The number of carbonyl (C=O) groups excluding carboxylic acids is 1. The van der Waals surface area contributed by atoms with Gasteiger partial charge in [-0.3, -0.25) is 0 Å². The van der Waals surface area contributed by atoms with Crippen LogP contribution in [0.25, 0.3) is 0 Å². The van der Waals surface area contributed by atoms with Crippen molar-refractivity contribution in [3.8, 4) is 5.75 Å². The van der Waals surface area contributed by atoms with Gasteiger partial charge in [-0.15, -0.1) is 0 Å². The van der Waals surface area contributed by atoms with Crippen LogP contribution < -0.4 is 10.5 Å². The summed E-state index contributed by atoms with van der Waals surface area (Å²) in [5.41, 5.74) is 5.01. The molecule has 0 saturated carbocycles. The molecule has 0 fully saturated rings. The monoisotopic (exact) mass is 323 g/mol. The van der Waals surface area contributed by atoms with Crippen molar-refractivity contribution in [3.05, 3.63) is 35.2 Å². The molecule has 0 amide bonds. The first-order valence-electron chi connectivity index (χ1n) is 6.90. The van der Waals surface area contributed by atoms with Crippen LogP contribution in [0.3, 0.4) is 0 Å². The molecule has 1 heterocycles. The van der Waals surface area contributed by atoms with E-state index in [9.17, 15) is 9.18 Å². The minimum Gasteiger partial charge on any atom is -0.485 e. The van der Waals surface area contributed by atoms with E-state index in [-0.39, 0.29) is 29.5 Å². The smallest absolute Gasteiger partial charge is 0.340 e. The molecule has 7 nitrogen and oxygen atoms in total. The van der Waals surface area contributed by atoms with Gasteiger partial charge in [0, 0.05) is 11.8 Å². The van der Waals surface area contributed by atoms with Crippen molar-refractivity contribution in [1.82, 2.24) is 10.1 Å². The minimum absolute atomic E-state index is 0.00175. The Labute approximate surface area is 132 Å². The number of hydrogen-bond acceptors (Lipinski definition) is 7. The molecular formula is C15H18FN3O4. The van der Waals surface area contributed by atoms with E-state index >= 15 is 0 Å². The van der Waals surface area contributed by atoms with Crippen LogP contribution in [0.1, 0.15) is 42.8 Å². The second-order valence-corrected chi connectivity index (χ2v) is 5.90. The fourth-order valence-corrected chi connectivity index (χ4v) is 1.76. The molecule has 0 aliphatic heterocycles. The Kier molecular flexibility index (Phi) is 4.53. The quantitative estimate of drug-likeness (QED) is 0.681. The van der Waals surface area contributed by atoms with Gasteiger partial charge in [-0.2, -0.15) is 4.98 Å².